The fourth-order valence-electron chi connectivity index (χ4n) is 0.556. The number of hydrogen-bond acceptors (Lipinski definition) is 3. The minimum absolute atomic E-state index is 0.0499. The van der Waals surface area contributed by atoms with E-state index in [1.807, 2.05) is 0 Å². The van der Waals surface area contributed by atoms with Crippen molar-refractivity contribution in [1.29, 1.82) is 0 Å². The van der Waals surface area contributed by atoms with Gasteiger partial charge < -0.3 is 5.73 Å². The van der Waals surface area contributed by atoms with Crippen molar-refractivity contribution in [3.05, 3.63) is 15.9 Å². The van der Waals surface area contributed by atoms with Crippen LogP contribution in [0.1, 0.15) is 5.56 Å². The number of nitrogens with two attached hydrogens (primary N) is 1. The molecular weight excluding hydrogens is 208 g/mol. The molecule has 11 heavy (non-hydrogen) atoms. The Bertz CT molecular complexity index is 253. The van der Waals surface area contributed by atoms with Gasteiger partial charge in [-0.05, 0) is 0 Å². The van der Waals surface area contributed by atoms with Gasteiger partial charge in [-0.1, -0.05) is 23.2 Å². The number of aromatic nitrogens is 2. The van der Waals surface area contributed by atoms with Gasteiger partial charge in [0.2, 0.25) is 5.95 Å². The van der Waals surface area contributed by atoms with E-state index in [0.29, 0.717) is 5.56 Å². The molecular formula is C5H4Cl3N3. The van der Waals surface area contributed by atoms with Crippen LogP contribution in [-0.2, 0) is 5.88 Å². The molecule has 3 nitrogen and oxygen atoms in total. The second-order valence-electron chi connectivity index (χ2n) is 1.78. The van der Waals surface area contributed by atoms with Crippen LogP contribution in [0.3, 0.4) is 0 Å². The highest BCUT2D eigenvalue weighted by molar-refractivity contribution is 6.35. The summed E-state index contributed by atoms with van der Waals surface area (Å²) in [6.07, 6.45) is 0. The highest BCUT2D eigenvalue weighted by atomic mass is 35.5. The van der Waals surface area contributed by atoms with E-state index in [0.717, 1.165) is 0 Å². The lowest BCUT2D eigenvalue weighted by Gasteiger charge is -2.01. The third-order valence-electron chi connectivity index (χ3n) is 1.06. The van der Waals surface area contributed by atoms with Crippen LogP contribution < -0.4 is 5.73 Å². The summed E-state index contributed by atoms with van der Waals surface area (Å²) >= 11 is 16.8. The second kappa shape index (κ2) is 3.43. The van der Waals surface area contributed by atoms with Crippen LogP contribution in [-0.4, -0.2) is 9.97 Å². The van der Waals surface area contributed by atoms with Gasteiger partial charge in [0.1, 0.15) is 10.3 Å². The largest absolute Gasteiger partial charge is 0.368 e. The van der Waals surface area contributed by atoms with Gasteiger partial charge in [0.15, 0.2) is 0 Å². The van der Waals surface area contributed by atoms with Crippen molar-refractivity contribution in [2.24, 2.45) is 0 Å². The van der Waals surface area contributed by atoms with Crippen LogP contribution in [0, 0.1) is 0 Å². The number of alkyl halides is 1. The zero-order valence-electron chi connectivity index (χ0n) is 5.31. The van der Waals surface area contributed by atoms with Crippen molar-refractivity contribution in [3.63, 3.8) is 0 Å². The zero-order valence-corrected chi connectivity index (χ0v) is 7.58. The fourth-order valence-corrected chi connectivity index (χ4v) is 1.48. The molecule has 1 aromatic heterocycles. The van der Waals surface area contributed by atoms with Gasteiger partial charge in [-0.2, -0.15) is 0 Å². The number of halogens is 3. The van der Waals surface area contributed by atoms with Crippen molar-refractivity contribution in [2.45, 2.75) is 5.88 Å². The Labute approximate surface area is 78.5 Å². The first kappa shape index (κ1) is 8.84. The third kappa shape index (κ3) is 1.86. The number of rotatable bonds is 1. The summed E-state index contributed by atoms with van der Waals surface area (Å²) < 4.78 is 0. The van der Waals surface area contributed by atoms with Crippen LogP contribution in [0.15, 0.2) is 0 Å². The zero-order chi connectivity index (χ0) is 8.43. The maximum Gasteiger partial charge on any atom is 0.222 e. The van der Waals surface area contributed by atoms with Crippen molar-refractivity contribution in [2.75, 3.05) is 5.73 Å². The summed E-state index contributed by atoms with van der Waals surface area (Å²) in [5, 5.41) is 0.412. The topological polar surface area (TPSA) is 51.8 Å². The van der Waals surface area contributed by atoms with Crippen LogP contribution in [0.5, 0.6) is 0 Å². The van der Waals surface area contributed by atoms with E-state index >= 15 is 0 Å². The molecule has 0 aliphatic heterocycles. The van der Waals surface area contributed by atoms with Gasteiger partial charge >= 0.3 is 0 Å². The smallest absolute Gasteiger partial charge is 0.222 e. The van der Waals surface area contributed by atoms with E-state index in [2.05, 4.69) is 9.97 Å². The Morgan fingerprint density at radius 1 is 1.18 bits per heavy atom. The Balaban J connectivity index is 3.25. The summed E-state index contributed by atoms with van der Waals surface area (Å²) in [7, 11) is 0. The van der Waals surface area contributed by atoms with Crippen LogP contribution in [0.4, 0.5) is 5.95 Å². The molecule has 0 bridgehead atoms. The summed E-state index contributed by atoms with van der Waals surface area (Å²) in [5.41, 5.74) is 5.75. The lowest BCUT2D eigenvalue weighted by atomic mass is 10.4. The molecule has 0 saturated heterocycles. The monoisotopic (exact) mass is 211 g/mol. The Morgan fingerprint density at radius 2 is 1.64 bits per heavy atom. The third-order valence-corrected chi connectivity index (χ3v) is 1.95. The average molecular weight is 212 g/mol. The van der Waals surface area contributed by atoms with Crippen molar-refractivity contribution >= 4 is 40.8 Å². The van der Waals surface area contributed by atoms with Crippen LogP contribution in [0.2, 0.25) is 10.3 Å². The van der Waals surface area contributed by atoms with Gasteiger partial charge in [0.25, 0.3) is 0 Å². The number of nitrogens with zero attached hydrogens (tertiary/aromatic N) is 2. The summed E-state index contributed by atoms with van der Waals surface area (Å²) in [6, 6.07) is 0. The summed E-state index contributed by atoms with van der Waals surface area (Å²) in [5.74, 6) is 0.228. The minimum Gasteiger partial charge on any atom is -0.368 e. The number of hydrogen-bond donors (Lipinski definition) is 1. The molecule has 0 radical (unpaired) electrons. The molecule has 0 atom stereocenters. The quantitative estimate of drug-likeness (QED) is 0.573. The van der Waals surface area contributed by atoms with Crippen molar-refractivity contribution in [3.8, 4) is 0 Å². The molecule has 0 saturated carbocycles. The highest BCUT2D eigenvalue weighted by Gasteiger charge is 2.07. The summed E-state index contributed by atoms with van der Waals surface area (Å²) in [4.78, 5) is 7.34. The first-order valence-electron chi connectivity index (χ1n) is 2.68. The fraction of sp³-hybridized carbons (Fsp3) is 0.200. The molecule has 0 aliphatic rings. The molecule has 1 heterocycles. The second-order valence-corrected chi connectivity index (χ2v) is 2.76. The summed E-state index contributed by atoms with van der Waals surface area (Å²) in [6.45, 7) is 0. The van der Waals surface area contributed by atoms with E-state index < -0.39 is 0 Å². The van der Waals surface area contributed by atoms with Crippen molar-refractivity contribution in [1.82, 2.24) is 9.97 Å². The van der Waals surface area contributed by atoms with Crippen LogP contribution in [0.25, 0.3) is 0 Å². The van der Waals surface area contributed by atoms with Gasteiger partial charge in [0, 0.05) is 5.56 Å². The predicted octanol–water partition coefficient (Wildman–Crippen LogP) is 2.10. The maximum atomic E-state index is 5.63. The lowest BCUT2D eigenvalue weighted by molar-refractivity contribution is 1.13. The normalized spacial score (nSPS) is 10.1. The molecule has 0 aromatic carbocycles. The minimum atomic E-state index is 0.0499. The standard InChI is InChI=1S/C5H4Cl3N3/c6-1-2-3(7)10-5(9)11-4(2)8/h1H2,(H2,9,10,11). The van der Waals surface area contributed by atoms with E-state index in [1.165, 1.54) is 0 Å². The van der Waals surface area contributed by atoms with E-state index in [9.17, 15) is 0 Å². The van der Waals surface area contributed by atoms with Gasteiger partial charge in [-0.25, -0.2) is 9.97 Å². The van der Waals surface area contributed by atoms with Gasteiger partial charge in [-0.15, -0.1) is 11.6 Å². The predicted molar refractivity (Wildman–Crippen MR) is 46.0 cm³/mol. The molecule has 6 heteroatoms. The molecule has 1 rings (SSSR count). The van der Waals surface area contributed by atoms with E-state index in [1.54, 1.807) is 0 Å². The molecule has 1 aromatic rings. The SMILES string of the molecule is Nc1nc(Cl)c(CCl)c(Cl)n1. The maximum absolute atomic E-state index is 5.63. The van der Waals surface area contributed by atoms with Gasteiger partial charge in [0.05, 0.1) is 5.88 Å². The van der Waals surface area contributed by atoms with Crippen molar-refractivity contribution < 1.29 is 0 Å². The number of nitrogen functional groups attached to an aromatic ring is 1. The Hall–Kier alpha value is -0.250. The molecule has 0 aliphatic carbocycles. The first-order valence-corrected chi connectivity index (χ1v) is 3.97. The van der Waals surface area contributed by atoms with E-state index in [-0.39, 0.29) is 22.1 Å². The average Bonchev–Trinajstić information content (AvgIpc) is 1.85. The molecule has 0 fully saturated rings. The van der Waals surface area contributed by atoms with Crippen LogP contribution >= 0.6 is 34.8 Å². The molecule has 0 unspecified atom stereocenters. The highest BCUT2D eigenvalue weighted by Crippen LogP contribution is 2.23. The molecule has 0 spiro atoms. The lowest BCUT2D eigenvalue weighted by Crippen LogP contribution is -1.98. The molecule has 2 N–H and O–H groups in total. The number of anilines is 1. The Morgan fingerprint density at radius 3 is 2.00 bits per heavy atom. The molecule has 0 amide bonds. The Kier molecular flexibility index (Phi) is 2.76. The van der Waals surface area contributed by atoms with Gasteiger partial charge in [-0.3, -0.25) is 0 Å². The first-order chi connectivity index (χ1) is 5.15. The van der Waals surface area contributed by atoms with E-state index in [4.69, 9.17) is 40.5 Å². The molecule has 60 valence electrons.